The first-order valence-corrected chi connectivity index (χ1v) is 7.44. The van der Waals surface area contributed by atoms with Gasteiger partial charge in [-0.1, -0.05) is 53.6 Å². The van der Waals surface area contributed by atoms with Crippen LogP contribution in [0.2, 0.25) is 0 Å². The van der Waals surface area contributed by atoms with Crippen LogP contribution in [0.15, 0.2) is 30.3 Å². The number of hydrogen-bond donors (Lipinski definition) is 3. The minimum atomic E-state index is -0.991. The predicted octanol–water partition coefficient (Wildman–Crippen LogP) is 2.45. The standard InChI is InChI=1S/C8H12INO2.C7H6O2.Na.H/c1-3-4-7(6(2)9)5-10-8(11)12;8-7(9)6-4-2-1-3-5-6;;/h6-7,10H,5H2,1-2H3,(H,11,12);1-5H,(H,8,9);;. The Bertz CT molecular complexity index is 511. The topological polar surface area (TPSA) is 86.6 Å². The molecule has 0 radical (unpaired) electrons. The molecule has 1 rings (SSSR count). The summed E-state index contributed by atoms with van der Waals surface area (Å²) in [6.07, 6.45) is -0.991. The van der Waals surface area contributed by atoms with Crippen LogP contribution in [0, 0.1) is 17.8 Å². The molecule has 0 saturated heterocycles. The van der Waals surface area contributed by atoms with Crippen LogP contribution in [0.5, 0.6) is 0 Å². The van der Waals surface area contributed by atoms with Gasteiger partial charge in [0.2, 0.25) is 0 Å². The van der Waals surface area contributed by atoms with E-state index in [0.29, 0.717) is 16.0 Å². The molecule has 3 N–H and O–H groups in total. The van der Waals surface area contributed by atoms with Crippen molar-refractivity contribution in [2.24, 2.45) is 5.92 Å². The molecule has 0 aliphatic carbocycles. The summed E-state index contributed by atoms with van der Waals surface area (Å²) in [5.74, 6) is 4.96. The van der Waals surface area contributed by atoms with Gasteiger partial charge in [-0.3, -0.25) is 0 Å². The third-order valence-electron chi connectivity index (χ3n) is 2.38. The van der Waals surface area contributed by atoms with Crippen molar-refractivity contribution in [3.63, 3.8) is 0 Å². The first-order valence-electron chi connectivity index (χ1n) is 6.20. The third kappa shape index (κ3) is 11.9. The first kappa shape index (κ1) is 23.5. The number of carbonyl (C=O) groups is 2. The molecule has 0 aromatic heterocycles. The van der Waals surface area contributed by atoms with Crippen LogP contribution in [0.25, 0.3) is 0 Å². The fourth-order valence-corrected chi connectivity index (χ4v) is 1.73. The summed E-state index contributed by atoms with van der Waals surface area (Å²) in [4.78, 5) is 20.4. The summed E-state index contributed by atoms with van der Waals surface area (Å²) >= 11 is 2.24. The van der Waals surface area contributed by atoms with Gasteiger partial charge in [-0.15, -0.1) is 5.92 Å². The van der Waals surface area contributed by atoms with E-state index in [1.54, 1.807) is 37.3 Å². The molecule has 0 heterocycles. The second-order valence-electron chi connectivity index (χ2n) is 4.04. The van der Waals surface area contributed by atoms with Gasteiger partial charge in [0.25, 0.3) is 0 Å². The van der Waals surface area contributed by atoms with E-state index in [2.05, 4.69) is 39.7 Å². The van der Waals surface area contributed by atoms with Gasteiger partial charge in [0.1, 0.15) is 0 Å². The van der Waals surface area contributed by atoms with Gasteiger partial charge in [-0.05, 0) is 19.1 Å². The van der Waals surface area contributed by atoms with Crippen LogP contribution in [0.3, 0.4) is 0 Å². The van der Waals surface area contributed by atoms with Crippen LogP contribution in [0.1, 0.15) is 24.2 Å². The molecule has 2 atom stereocenters. The maximum atomic E-state index is 10.2. The number of carboxylic acid groups (broad SMARTS) is 2. The zero-order valence-electron chi connectivity index (χ0n) is 11.8. The van der Waals surface area contributed by atoms with Gasteiger partial charge in [-0.25, -0.2) is 9.59 Å². The molecule has 0 bridgehead atoms. The number of amides is 1. The number of hydrogen-bond acceptors (Lipinski definition) is 2. The minimum absolute atomic E-state index is 0. The molecular formula is C15H19INNaO4. The molecule has 0 saturated carbocycles. The third-order valence-corrected chi connectivity index (χ3v) is 3.25. The molecule has 1 aromatic rings. The second kappa shape index (κ2) is 13.9. The molecule has 1 amide bonds. The summed E-state index contributed by atoms with van der Waals surface area (Å²) in [6.45, 7) is 4.17. The van der Waals surface area contributed by atoms with E-state index >= 15 is 0 Å². The Labute approximate surface area is 166 Å². The molecule has 7 heteroatoms. The molecule has 5 nitrogen and oxygen atoms in total. The van der Waals surface area contributed by atoms with Gasteiger partial charge >= 0.3 is 41.6 Å². The SMILES string of the molecule is CC#CC(CNC(=O)O)C(C)I.O=C(O)c1ccccc1.[NaH]. The Morgan fingerprint density at radius 3 is 2.14 bits per heavy atom. The zero-order valence-corrected chi connectivity index (χ0v) is 14.0. The van der Waals surface area contributed by atoms with E-state index in [1.807, 2.05) is 6.92 Å². The van der Waals surface area contributed by atoms with Crippen LogP contribution < -0.4 is 5.32 Å². The number of benzene rings is 1. The number of aromatic carboxylic acids is 1. The van der Waals surface area contributed by atoms with Gasteiger partial charge in [-0.2, -0.15) is 0 Å². The fraction of sp³-hybridized carbons (Fsp3) is 0.333. The van der Waals surface area contributed by atoms with Crippen molar-refractivity contribution in [3.05, 3.63) is 35.9 Å². The van der Waals surface area contributed by atoms with Gasteiger partial charge in [0, 0.05) is 16.4 Å². The molecule has 2 unspecified atom stereocenters. The molecule has 0 aliphatic rings. The van der Waals surface area contributed by atoms with E-state index in [-0.39, 0.29) is 35.5 Å². The summed E-state index contributed by atoms with van der Waals surface area (Å²) < 4.78 is 0.349. The predicted molar refractivity (Wildman–Crippen MR) is 97.0 cm³/mol. The van der Waals surface area contributed by atoms with Crippen LogP contribution in [0.4, 0.5) is 4.79 Å². The average Bonchev–Trinajstić information content (AvgIpc) is 2.44. The number of halogens is 1. The molecule has 0 spiro atoms. The molecule has 1 aromatic carbocycles. The van der Waals surface area contributed by atoms with Crippen molar-refractivity contribution < 1.29 is 19.8 Å². The van der Waals surface area contributed by atoms with Crippen molar-refractivity contribution in [2.75, 3.05) is 6.54 Å². The molecule has 0 aliphatic heterocycles. The van der Waals surface area contributed by atoms with Crippen molar-refractivity contribution in [2.45, 2.75) is 17.8 Å². The van der Waals surface area contributed by atoms with Crippen LogP contribution in [-0.2, 0) is 0 Å². The van der Waals surface area contributed by atoms with E-state index in [9.17, 15) is 9.59 Å². The summed E-state index contributed by atoms with van der Waals surface area (Å²) in [5.41, 5.74) is 0.331. The molecule has 0 fully saturated rings. The van der Waals surface area contributed by atoms with Crippen LogP contribution >= 0.6 is 22.6 Å². The number of rotatable bonds is 4. The van der Waals surface area contributed by atoms with Crippen molar-refractivity contribution >= 4 is 64.2 Å². The number of alkyl halides is 1. The molecule has 116 valence electrons. The van der Waals surface area contributed by atoms with E-state index in [0.717, 1.165) is 0 Å². The normalized spacial score (nSPS) is 11.2. The molecular weight excluding hydrogens is 408 g/mol. The Morgan fingerprint density at radius 2 is 1.82 bits per heavy atom. The maximum absolute atomic E-state index is 10.2. The summed E-state index contributed by atoms with van der Waals surface area (Å²) in [6, 6.07) is 8.30. The van der Waals surface area contributed by atoms with Crippen molar-refractivity contribution in [3.8, 4) is 11.8 Å². The quantitative estimate of drug-likeness (QED) is 0.298. The average molecular weight is 427 g/mol. The number of nitrogens with one attached hydrogen (secondary N) is 1. The monoisotopic (exact) mass is 427 g/mol. The number of carboxylic acids is 1. The first-order chi connectivity index (χ1) is 9.88. The zero-order chi connectivity index (χ0) is 16.3. The van der Waals surface area contributed by atoms with E-state index in [4.69, 9.17) is 10.2 Å². The Balaban J connectivity index is 0. The second-order valence-corrected chi connectivity index (χ2v) is 6.00. The van der Waals surface area contributed by atoms with Gasteiger partial charge in [0.15, 0.2) is 0 Å². The van der Waals surface area contributed by atoms with E-state index < -0.39 is 12.1 Å². The van der Waals surface area contributed by atoms with Gasteiger partial charge < -0.3 is 15.5 Å². The van der Waals surface area contributed by atoms with Crippen molar-refractivity contribution in [1.29, 1.82) is 0 Å². The Hall–Kier alpha value is -0.750. The fourth-order valence-electron chi connectivity index (χ4n) is 1.29. The Morgan fingerprint density at radius 1 is 1.27 bits per heavy atom. The van der Waals surface area contributed by atoms with E-state index in [1.165, 1.54) is 0 Å². The summed E-state index contributed by atoms with van der Waals surface area (Å²) in [5, 5.41) is 19.1. The van der Waals surface area contributed by atoms with Crippen LogP contribution in [-0.4, -0.2) is 62.3 Å². The Kier molecular flexibility index (Phi) is 14.8. The summed E-state index contributed by atoms with van der Waals surface area (Å²) in [7, 11) is 0. The van der Waals surface area contributed by atoms with Gasteiger partial charge in [0.05, 0.1) is 5.56 Å². The van der Waals surface area contributed by atoms with Crippen molar-refractivity contribution in [1.82, 2.24) is 5.32 Å². The molecule has 22 heavy (non-hydrogen) atoms.